The monoisotopic (exact) mass is 542 g/mol. The number of aromatic amines is 1. The summed E-state index contributed by atoms with van der Waals surface area (Å²) in [7, 11) is 1.41. The molecule has 1 saturated heterocycles. The first kappa shape index (κ1) is 26.5. The molecular weight excluding hydrogens is 524 g/mol. The Labute approximate surface area is 211 Å². The molecule has 2 aliphatic heterocycles. The minimum Gasteiger partial charge on any atom is -0.456 e. The van der Waals surface area contributed by atoms with E-state index in [2.05, 4.69) is 10.2 Å². The molecule has 0 saturated carbocycles. The number of nitrogens with zero attached hydrogens (tertiary/aromatic N) is 4. The molecule has 0 spiro atoms. The normalized spacial score (nSPS) is 18.9. The highest BCUT2D eigenvalue weighted by Crippen LogP contribution is 2.41. The lowest BCUT2D eigenvalue weighted by atomic mass is 10.0. The van der Waals surface area contributed by atoms with E-state index in [0.29, 0.717) is 16.9 Å². The molecule has 0 bridgehead atoms. The number of carbonyl (C=O) groups is 2. The molecule has 1 aromatic heterocycles. The minimum atomic E-state index is -0.849. The van der Waals surface area contributed by atoms with Crippen LogP contribution in [0.2, 0.25) is 0 Å². The molecule has 1 aromatic carbocycles. The number of hydrogen-bond donors (Lipinski definition) is 2. The summed E-state index contributed by atoms with van der Waals surface area (Å²) in [5, 5.41) is 16.6. The number of nitro groups is 1. The van der Waals surface area contributed by atoms with Crippen molar-refractivity contribution in [2.45, 2.75) is 23.2 Å². The molecule has 2 aliphatic rings. The van der Waals surface area contributed by atoms with Gasteiger partial charge in [-0.2, -0.15) is 0 Å². The van der Waals surface area contributed by atoms with Crippen LogP contribution in [0.1, 0.15) is 5.56 Å². The lowest BCUT2D eigenvalue weighted by molar-refractivity contribution is -0.384. The fourth-order valence-electron chi connectivity index (χ4n) is 3.35. The smallest absolute Gasteiger partial charge is 0.355 e. The molecule has 0 aliphatic carbocycles. The summed E-state index contributed by atoms with van der Waals surface area (Å²) in [4.78, 5) is 60.3. The van der Waals surface area contributed by atoms with E-state index >= 15 is 0 Å². The number of halogens is 1. The molecule has 35 heavy (non-hydrogen) atoms. The van der Waals surface area contributed by atoms with Gasteiger partial charge >= 0.3 is 17.1 Å². The molecule has 16 heteroatoms. The number of nitrogens with two attached hydrogens (primary N) is 1. The number of β-lactam (4-membered cyclic amide) rings is 1. The summed E-state index contributed by atoms with van der Waals surface area (Å²) < 4.78 is 6.50. The number of benzene rings is 1. The number of H-pyrrole nitrogens is 1. The molecule has 1 amide bonds. The van der Waals surface area contributed by atoms with Gasteiger partial charge < -0.3 is 10.5 Å². The summed E-state index contributed by atoms with van der Waals surface area (Å²) in [6.07, 6.45) is 0. The summed E-state index contributed by atoms with van der Waals surface area (Å²) in [6, 6.07) is 4.83. The number of nitro benzene ring substituents is 1. The van der Waals surface area contributed by atoms with Crippen LogP contribution >= 0.6 is 35.9 Å². The van der Waals surface area contributed by atoms with E-state index in [0.717, 1.165) is 16.3 Å². The number of hydrogen-bond acceptors (Lipinski definition) is 11. The first-order chi connectivity index (χ1) is 16.2. The van der Waals surface area contributed by atoms with Gasteiger partial charge in [-0.25, -0.2) is 9.89 Å². The van der Waals surface area contributed by atoms with Crippen LogP contribution in [0.15, 0.2) is 50.3 Å². The Balaban J connectivity index is 0.00000342. The Morgan fingerprint density at radius 2 is 2.03 bits per heavy atom. The number of esters is 1. The Morgan fingerprint density at radius 1 is 1.34 bits per heavy atom. The zero-order valence-electron chi connectivity index (χ0n) is 18.0. The third-order valence-electron chi connectivity index (χ3n) is 5.21. The van der Waals surface area contributed by atoms with Crippen molar-refractivity contribution in [1.29, 1.82) is 0 Å². The van der Waals surface area contributed by atoms with E-state index in [1.807, 2.05) is 0 Å². The van der Waals surface area contributed by atoms with Gasteiger partial charge in [-0.3, -0.25) is 34.0 Å². The van der Waals surface area contributed by atoms with Crippen LogP contribution in [0, 0.1) is 10.1 Å². The zero-order valence-corrected chi connectivity index (χ0v) is 20.5. The third-order valence-corrected chi connectivity index (χ3v) is 7.69. The van der Waals surface area contributed by atoms with Gasteiger partial charge in [-0.05, 0) is 23.3 Å². The number of non-ortho nitro benzene ring substituents is 1. The predicted octanol–water partition coefficient (Wildman–Crippen LogP) is 0.131. The van der Waals surface area contributed by atoms with Crippen molar-refractivity contribution in [3.8, 4) is 0 Å². The fraction of sp³-hybridized carbons (Fsp3) is 0.316. The molecular formula is C19H19ClN6O7S2. The number of thioether (sulfide) groups is 2. The van der Waals surface area contributed by atoms with Gasteiger partial charge in [0.05, 0.1) is 4.92 Å². The number of rotatable bonds is 7. The van der Waals surface area contributed by atoms with Gasteiger partial charge in [0, 0.05) is 30.7 Å². The summed E-state index contributed by atoms with van der Waals surface area (Å²) in [6.45, 7) is -0.150. The van der Waals surface area contributed by atoms with E-state index in [4.69, 9.17) is 10.5 Å². The van der Waals surface area contributed by atoms with Crippen molar-refractivity contribution in [2.24, 2.45) is 12.8 Å². The van der Waals surface area contributed by atoms with Gasteiger partial charge in [-0.15, -0.1) is 29.3 Å². The van der Waals surface area contributed by atoms with Crippen molar-refractivity contribution in [3.63, 3.8) is 0 Å². The molecule has 1 unspecified atom stereocenters. The molecule has 2 atom stereocenters. The molecule has 0 radical (unpaired) electrons. The highest BCUT2D eigenvalue weighted by atomic mass is 35.5. The average molecular weight is 543 g/mol. The van der Waals surface area contributed by atoms with Crippen LogP contribution in [0.5, 0.6) is 0 Å². The standard InChI is InChI=1S/C19H18N6O7S2.ClH/c1-23-16(28)14(26)21-22-19(23)34-8-10-7-33-17-12(20)15(27)24(17)13(10)18(29)32-6-9-2-4-11(5-3-9)25(30)31;/h2-5,12,17H,6-8,20H2,1H3,(H,21,26);1H/t12?,17-;/m1./s1. The summed E-state index contributed by atoms with van der Waals surface area (Å²) >= 11 is 2.52. The average Bonchev–Trinajstić information content (AvgIpc) is 2.84. The Hall–Kier alpha value is -3.14. The molecule has 3 N–H and O–H groups in total. The van der Waals surface area contributed by atoms with Gasteiger partial charge in [0.25, 0.3) is 5.69 Å². The van der Waals surface area contributed by atoms with Crippen LogP contribution in [-0.2, 0) is 28.0 Å². The van der Waals surface area contributed by atoms with Gasteiger partial charge in [0.1, 0.15) is 23.7 Å². The summed E-state index contributed by atoms with van der Waals surface area (Å²) in [5.41, 5.74) is 5.37. The number of ether oxygens (including phenoxy) is 1. The predicted molar refractivity (Wildman–Crippen MR) is 129 cm³/mol. The van der Waals surface area contributed by atoms with E-state index in [-0.39, 0.29) is 41.3 Å². The first-order valence-electron chi connectivity index (χ1n) is 9.80. The van der Waals surface area contributed by atoms with Crippen LogP contribution in [0.25, 0.3) is 0 Å². The second-order valence-electron chi connectivity index (χ2n) is 7.38. The number of aromatic nitrogens is 3. The van der Waals surface area contributed by atoms with E-state index in [1.165, 1.54) is 48.0 Å². The van der Waals surface area contributed by atoms with Gasteiger partial charge in [0.15, 0.2) is 5.16 Å². The highest BCUT2D eigenvalue weighted by molar-refractivity contribution is 8.01. The van der Waals surface area contributed by atoms with Gasteiger partial charge in [-0.1, -0.05) is 11.8 Å². The van der Waals surface area contributed by atoms with Crippen molar-refractivity contribution >= 4 is 53.5 Å². The second kappa shape index (κ2) is 10.6. The molecule has 1 fully saturated rings. The van der Waals surface area contributed by atoms with Crippen LogP contribution in [0.4, 0.5) is 5.69 Å². The maximum absolute atomic E-state index is 13.0. The fourth-order valence-corrected chi connectivity index (χ4v) is 5.70. The zero-order chi connectivity index (χ0) is 24.6. The first-order valence-corrected chi connectivity index (χ1v) is 11.8. The Kier molecular flexibility index (Phi) is 8.04. The van der Waals surface area contributed by atoms with E-state index in [9.17, 15) is 29.3 Å². The molecule has 3 heterocycles. The van der Waals surface area contributed by atoms with Crippen LogP contribution in [-0.4, -0.2) is 59.4 Å². The van der Waals surface area contributed by atoms with Gasteiger partial charge in [0.2, 0.25) is 5.91 Å². The molecule has 186 valence electrons. The number of nitrogens with one attached hydrogen (secondary N) is 1. The maximum Gasteiger partial charge on any atom is 0.355 e. The Bertz CT molecular complexity index is 1330. The maximum atomic E-state index is 13.0. The largest absolute Gasteiger partial charge is 0.456 e. The number of fused-ring (bicyclic) bond motifs is 1. The quantitative estimate of drug-likeness (QED) is 0.121. The van der Waals surface area contributed by atoms with E-state index < -0.39 is 39.3 Å². The van der Waals surface area contributed by atoms with Crippen molar-refractivity contribution in [2.75, 3.05) is 11.5 Å². The lowest BCUT2D eigenvalue weighted by Crippen LogP contribution is -2.68. The lowest BCUT2D eigenvalue weighted by Gasteiger charge is -2.48. The minimum absolute atomic E-state index is 0. The van der Waals surface area contributed by atoms with Crippen LogP contribution < -0.4 is 16.9 Å². The van der Waals surface area contributed by atoms with Crippen molar-refractivity contribution < 1.29 is 19.2 Å². The second-order valence-corrected chi connectivity index (χ2v) is 9.42. The SMILES string of the molecule is Cl.Cn1c(SCC2=C(C(=O)OCc3ccc([N+](=O)[O-])cc3)N3C(=O)C(N)[C@H]3SC2)n[nH]c(=O)c1=O. The number of carbonyl (C=O) groups excluding carboxylic acids is 2. The molecule has 4 rings (SSSR count). The van der Waals surface area contributed by atoms with Crippen molar-refractivity contribution in [1.82, 2.24) is 19.7 Å². The van der Waals surface area contributed by atoms with E-state index in [1.54, 1.807) is 0 Å². The molecule has 2 aromatic rings. The van der Waals surface area contributed by atoms with Crippen LogP contribution in [0.3, 0.4) is 0 Å². The number of amides is 1. The topological polar surface area (TPSA) is 184 Å². The highest BCUT2D eigenvalue weighted by Gasteiger charge is 2.52. The van der Waals surface area contributed by atoms with Crippen molar-refractivity contribution in [3.05, 3.63) is 71.9 Å². The summed E-state index contributed by atoms with van der Waals surface area (Å²) in [5.74, 6) is -0.541. The molecule has 13 nitrogen and oxygen atoms in total. The Morgan fingerprint density at radius 3 is 2.69 bits per heavy atom. The third kappa shape index (κ3) is 5.12.